The van der Waals surface area contributed by atoms with Crippen molar-refractivity contribution in [2.75, 3.05) is 0 Å². The maximum atomic E-state index is 12.2. The Morgan fingerprint density at radius 1 is 1.56 bits per heavy atom. The largest absolute Gasteiger partial charge is 0.260 e. The number of nitrogens with one attached hydrogen (secondary N) is 1. The van der Waals surface area contributed by atoms with Gasteiger partial charge in [-0.05, 0) is 12.8 Å². The van der Waals surface area contributed by atoms with Gasteiger partial charge in [0, 0.05) is 7.05 Å². The summed E-state index contributed by atoms with van der Waals surface area (Å²) in [6.45, 7) is 3.50. The highest BCUT2D eigenvalue weighted by molar-refractivity contribution is 7.89. The van der Waals surface area contributed by atoms with Crippen molar-refractivity contribution in [3.63, 3.8) is 0 Å². The summed E-state index contributed by atoms with van der Waals surface area (Å²) in [6.07, 6.45) is 1.99. The number of hydrogen-bond acceptors (Lipinski definition) is 4. The molecule has 0 aromatic carbocycles. The van der Waals surface area contributed by atoms with E-state index < -0.39 is 15.6 Å². The first kappa shape index (κ1) is 15.0. The van der Waals surface area contributed by atoms with Gasteiger partial charge in [-0.1, -0.05) is 25.4 Å². The molecule has 6 nitrogen and oxygen atoms in total. The van der Waals surface area contributed by atoms with Gasteiger partial charge in [-0.15, -0.1) is 0 Å². The van der Waals surface area contributed by atoms with Crippen LogP contribution in [0.4, 0.5) is 0 Å². The van der Waals surface area contributed by atoms with Crippen LogP contribution in [0, 0.1) is 11.3 Å². The van der Waals surface area contributed by atoms with Crippen molar-refractivity contribution in [2.24, 2.45) is 7.05 Å². The fourth-order valence-corrected chi connectivity index (χ4v) is 3.70. The van der Waals surface area contributed by atoms with Crippen LogP contribution in [0.5, 0.6) is 0 Å². The summed E-state index contributed by atoms with van der Waals surface area (Å²) in [4.78, 5) is 0. The van der Waals surface area contributed by atoms with Crippen LogP contribution in [-0.4, -0.2) is 23.7 Å². The number of rotatable bonds is 5. The molecule has 0 aliphatic rings. The van der Waals surface area contributed by atoms with E-state index in [-0.39, 0.29) is 10.0 Å². The first-order valence-electron chi connectivity index (χ1n) is 5.44. The quantitative estimate of drug-likeness (QED) is 0.888. The zero-order valence-electron chi connectivity index (χ0n) is 10.4. The molecule has 1 aromatic heterocycles. The maximum Gasteiger partial charge on any atom is 0.260 e. The van der Waals surface area contributed by atoms with Crippen molar-refractivity contribution >= 4 is 21.6 Å². The Bertz CT molecular complexity index is 550. The molecule has 0 aliphatic carbocycles. The number of halogens is 1. The van der Waals surface area contributed by atoms with Gasteiger partial charge in [0.1, 0.15) is 5.54 Å². The van der Waals surface area contributed by atoms with Gasteiger partial charge in [0.15, 0.2) is 5.03 Å². The fraction of sp³-hybridized carbons (Fsp3) is 0.600. The molecule has 1 N–H and O–H groups in total. The second-order valence-corrected chi connectivity index (χ2v) is 5.93. The van der Waals surface area contributed by atoms with Crippen molar-refractivity contribution in [2.45, 2.75) is 37.3 Å². The molecule has 0 fully saturated rings. The molecular weight excluding hydrogens is 276 g/mol. The number of aromatic nitrogens is 2. The number of nitrogens with zero attached hydrogens (tertiary/aromatic N) is 3. The zero-order valence-corrected chi connectivity index (χ0v) is 12.0. The van der Waals surface area contributed by atoms with E-state index in [9.17, 15) is 8.42 Å². The van der Waals surface area contributed by atoms with E-state index in [0.29, 0.717) is 12.8 Å². The summed E-state index contributed by atoms with van der Waals surface area (Å²) in [5.74, 6) is 0. The molecule has 0 saturated carbocycles. The minimum absolute atomic E-state index is 0.0315. The van der Waals surface area contributed by atoms with Gasteiger partial charge < -0.3 is 0 Å². The van der Waals surface area contributed by atoms with Crippen molar-refractivity contribution in [1.82, 2.24) is 14.5 Å². The highest BCUT2D eigenvalue weighted by atomic mass is 35.5. The number of aryl methyl sites for hydroxylation is 1. The van der Waals surface area contributed by atoms with E-state index >= 15 is 0 Å². The second-order valence-electron chi connectivity index (χ2n) is 3.93. The molecule has 0 unspecified atom stereocenters. The van der Waals surface area contributed by atoms with Gasteiger partial charge in [-0.3, -0.25) is 4.68 Å². The molecule has 1 aromatic rings. The summed E-state index contributed by atoms with van der Waals surface area (Å²) >= 11 is 5.80. The smallest absolute Gasteiger partial charge is 0.255 e. The van der Waals surface area contributed by atoms with Gasteiger partial charge in [0.25, 0.3) is 10.0 Å². The molecule has 18 heavy (non-hydrogen) atoms. The van der Waals surface area contributed by atoms with Gasteiger partial charge in [-0.2, -0.15) is 15.1 Å². The predicted molar refractivity (Wildman–Crippen MR) is 67.5 cm³/mol. The molecule has 0 aliphatic heterocycles. The van der Waals surface area contributed by atoms with Crippen LogP contribution in [-0.2, 0) is 17.1 Å². The highest BCUT2D eigenvalue weighted by Crippen LogP contribution is 2.23. The predicted octanol–water partition coefficient (Wildman–Crippen LogP) is 1.43. The summed E-state index contributed by atoms with van der Waals surface area (Å²) in [6, 6.07) is 2.01. The van der Waals surface area contributed by atoms with E-state index in [1.807, 2.05) is 6.07 Å². The minimum Gasteiger partial charge on any atom is -0.255 e. The van der Waals surface area contributed by atoms with Crippen LogP contribution in [0.2, 0.25) is 5.02 Å². The molecule has 0 atom stereocenters. The Morgan fingerprint density at radius 3 is 2.44 bits per heavy atom. The summed E-state index contributed by atoms with van der Waals surface area (Å²) in [5, 5.41) is 12.8. The van der Waals surface area contributed by atoms with Gasteiger partial charge >= 0.3 is 0 Å². The molecule has 0 saturated heterocycles. The third-order valence-electron chi connectivity index (χ3n) is 2.85. The van der Waals surface area contributed by atoms with Crippen LogP contribution in [0.25, 0.3) is 0 Å². The molecule has 8 heteroatoms. The van der Waals surface area contributed by atoms with E-state index in [0.717, 1.165) is 4.68 Å². The topological polar surface area (TPSA) is 87.8 Å². The summed E-state index contributed by atoms with van der Waals surface area (Å²) < 4.78 is 28.0. The molecule has 1 rings (SSSR count). The first-order chi connectivity index (χ1) is 8.32. The van der Waals surface area contributed by atoms with Crippen LogP contribution < -0.4 is 4.72 Å². The standard InChI is InChI=1S/C10H15ClN4O2S/c1-4-10(5-2,7-12)14-18(16,17)9-8(11)6-13-15(9)3/h6,14H,4-5H2,1-3H3. The minimum atomic E-state index is -3.88. The molecular formula is C10H15ClN4O2S. The number of sulfonamides is 1. The lowest BCUT2D eigenvalue weighted by atomic mass is 9.97. The Balaban J connectivity index is 3.22. The first-order valence-corrected chi connectivity index (χ1v) is 7.30. The Hall–Kier alpha value is -1.10. The molecule has 0 amide bonds. The fourth-order valence-electron chi connectivity index (χ4n) is 1.58. The summed E-state index contributed by atoms with van der Waals surface area (Å²) in [7, 11) is -2.40. The average molecular weight is 291 g/mol. The molecule has 0 radical (unpaired) electrons. The third-order valence-corrected chi connectivity index (χ3v) is 4.89. The Labute approximate surface area is 112 Å². The van der Waals surface area contributed by atoms with E-state index in [4.69, 9.17) is 16.9 Å². The number of nitriles is 1. The molecule has 0 bridgehead atoms. The molecule has 1 heterocycles. The maximum absolute atomic E-state index is 12.2. The third kappa shape index (κ3) is 2.66. The number of hydrogen-bond donors (Lipinski definition) is 1. The van der Waals surface area contributed by atoms with E-state index in [1.54, 1.807) is 13.8 Å². The van der Waals surface area contributed by atoms with Crippen LogP contribution in [0.1, 0.15) is 26.7 Å². The van der Waals surface area contributed by atoms with Crippen LogP contribution in [0.15, 0.2) is 11.2 Å². The second kappa shape index (κ2) is 5.26. The SMILES string of the molecule is CCC(C#N)(CC)NS(=O)(=O)c1c(Cl)cnn1C. The monoisotopic (exact) mass is 290 g/mol. The van der Waals surface area contributed by atoms with Crippen molar-refractivity contribution in [3.05, 3.63) is 11.2 Å². The molecule has 100 valence electrons. The average Bonchev–Trinajstić information content (AvgIpc) is 2.67. The lowest BCUT2D eigenvalue weighted by Gasteiger charge is -2.24. The van der Waals surface area contributed by atoms with Gasteiger partial charge in [-0.25, -0.2) is 8.42 Å². The van der Waals surface area contributed by atoms with Crippen LogP contribution in [0.3, 0.4) is 0 Å². The van der Waals surface area contributed by atoms with Gasteiger partial charge in [0.2, 0.25) is 0 Å². The molecule has 0 spiro atoms. The Kier molecular flexibility index (Phi) is 4.37. The zero-order chi connectivity index (χ0) is 14.0. The van der Waals surface area contributed by atoms with Crippen LogP contribution >= 0.6 is 11.6 Å². The van der Waals surface area contributed by atoms with Crippen molar-refractivity contribution in [1.29, 1.82) is 5.26 Å². The summed E-state index contributed by atoms with van der Waals surface area (Å²) in [5.41, 5.74) is -1.12. The Morgan fingerprint density at radius 2 is 2.11 bits per heavy atom. The lowest BCUT2D eigenvalue weighted by molar-refractivity contribution is 0.443. The lowest BCUT2D eigenvalue weighted by Crippen LogP contribution is -2.46. The highest BCUT2D eigenvalue weighted by Gasteiger charge is 2.34. The van der Waals surface area contributed by atoms with E-state index in [2.05, 4.69) is 9.82 Å². The van der Waals surface area contributed by atoms with E-state index in [1.165, 1.54) is 13.2 Å². The van der Waals surface area contributed by atoms with Gasteiger partial charge in [0.05, 0.1) is 17.3 Å². The van der Waals surface area contributed by atoms with Crippen molar-refractivity contribution in [3.8, 4) is 6.07 Å². The van der Waals surface area contributed by atoms with Crippen molar-refractivity contribution < 1.29 is 8.42 Å². The normalized spacial score (nSPS) is 12.4.